The van der Waals surface area contributed by atoms with Crippen molar-refractivity contribution in [3.8, 4) is 0 Å². The van der Waals surface area contributed by atoms with Crippen LogP contribution in [-0.4, -0.2) is 23.2 Å². The summed E-state index contributed by atoms with van der Waals surface area (Å²) in [5, 5.41) is 9.31. The lowest BCUT2D eigenvalue weighted by Gasteiger charge is -2.42. The van der Waals surface area contributed by atoms with Crippen LogP contribution in [0.1, 0.15) is 43.5 Å². The number of nitrogens with two attached hydrogens (primary N) is 1. The molecule has 0 unspecified atom stereocenters. The minimum atomic E-state index is -0.915. The van der Waals surface area contributed by atoms with E-state index in [-0.39, 0.29) is 0 Å². The molecule has 2 atom stereocenters. The zero-order chi connectivity index (χ0) is 13.3. The van der Waals surface area contributed by atoms with Gasteiger partial charge in [0, 0.05) is 12.1 Å². The van der Waals surface area contributed by atoms with Crippen LogP contribution in [0.2, 0.25) is 0 Å². The van der Waals surface area contributed by atoms with E-state index in [1.807, 2.05) is 0 Å². The number of para-hydroxylation sites is 1. The Labute approximate surface area is 107 Å². The van der Waals surface area contributed by atoms with Crippen molar-refractivity contribution in [2.24, 2.45) is 0 Å². The van der Waals surface area contributed by atoms with Crippen LogP contribution >= 0.6 is 0 Å². The van der Waals surface area contributed by atoms with Gasteiger partial charge in [0.1, 0.15) is 0 Å². The van der Waals surface area contributed by atoms with Gasteiger partial charge in [-0.15, -0.1) is 0 Å². The molecule has 4 heteroatoms. The lowest BCUT2D eigenvalue weighted by Crippen LogP contribution is -2.44. The molecule has 1 heterocycles. The predicted molar refractivity (Wildman–Crippen MR) is 73.1 cm³/mol. The molecule has 0 spiro atoms. The Morgan fingerprint density at radius 3 is 2.50 bits per heavy atom. The van der Waals surface area contributed by atoms with E-state index in [0.717, 1.165) is 12.8 Å². The van der Waals surface area contributed by atoms with Crippen molar-refractivity contribution in [3.63, 3.8) is 0 Å². The van der Waals surface area contributed by atoms with Gasteiger partial charge in [0.05, 0.1) is 16.9 Å². The van der Waals surface area contributed by atoms with Crippen molar-refractivity contribution < 1.29 is 9.90 Å². The molecular weight excluding hydrogens is 228 g/mol. The second-order valence-electron chi connectivity index (χ2n) is 5.08. The first-order valence-electron chi connectivity index (χ1n) is 6.42. The average Bonchev–Trinajstić information content (AvgIpc) is 2.30. The molecule has 4 nitrogen and oxygen atoms in total. The molecule has 2 rings (SSSR count). The number of benzene rings is 1. The maximum atomic E-state index is 11.3. The number of carboxylic acids is 1. The molecule has 1 aliphatic rings. The summed E-state index contributed by atoms with van der Waals surface area (Å²) in [4.78, 5) is 13.5. The molecule has 18 heavy (non-hydrogen) atoms. The zero-order valence-electron chi connectivity index (χ0n) is 10.9. The summed E-state index contributed by atoms with van der Waals surface area (Å²) in [6.07, 6.45) is 3.35. The highest BCUT2D eigenvalue weighted by Gasteiger charge is 2.29. The summed E-state index contributed by atoms with van der Waals surface area (Å²) in [5.41, 5.74) is 7.55. The Morgan fingerprint density at radius 1 is 1.33 bits per heavy atom. The van der Waals surface area contributed by atoms with Gasteiger partial charge in [0.15, 0.2) is 0 Å². The zero-order valence-corrected chi connectivity index (χ0v) is 10.9. The van der Waals surface area contributed by atoms with Gasteiger partial charge >= 0.3 is 5.97 Å². The van der Waals surface area contributed by atoms with Crippen LogP contribution in [0.3, 0.4) is 0 Å². The Balaban J connectivity index is 2.51. The molecule has 1 aliphatic heterocycles. The molecule has 98 valence electrons. The summed E-state index contributed by atoms with van der Waals surface area (Å²) >= 11 is 0. The standard InChI is InChI=1S/C14H20N2O2/c1-9-5-3-6-10(2)16(9)13-11(14(17)18)7-4-8-12(13)15/h4,7-10H,3,5-6,15H2,1-2H3,(H,17,18)/t9-,10+. The molecule has 0 saturated carbocycles. The maximum absolute atomic E-state index is 11.3. The molecule has 0 bridgehead atoms. The number of aromatic carboxylic acids is 1. The number of hydrogen-bond donors (Lipinski definition) is 2. The topological polar surface area (TPSA) is 66.6 Å². The van der Waals surface area contributed by atoms with Crippen LogP contribution in [0.15, 0.2) is 18.2 Å². The lowest BCUT2D eigenvalue weighted by molar-refractivity contribution is 0.0697. The molecule has 1 saturated heterocycles. The van der Waals surface area contributed by atoms with Crippen molar-refractivity contribution in [1.29, 1.82) is 0 Å². The SMILES string of the molecule is C[C@@H]1CCC[C@H](C)N1c1c(N)cccc1C(=O)O. The van der Waals surface area contributed by atoms with Crippen LogP contribution in [-0.2, 0) is 0 Å². The Morgan fingerprint density at radius 2 is 1.94 bits per heavy atom. The van der Waals surface area contributed by atoms with E-state index in [0.29, 0.717) is 29.0 Å². The van der Waals surface area contributed by atoms with Gasteiger partial charge < -0.3 is 15.7 Å². The van der Waals surface area contributed by atoms with Gasteiger partial charge in [-0.25, -0.2) is 4.79 Å². The van der Waals surface area contributed by atoms with Gasteiger partial charge in [0.25, 0.3) is 0 Å². The van der Waals surface area contributed by atoms with Crippen molar-refractivity contribution in [2.75, 3.05) is 10.6 Å². The fourth-order valence-electron chi connectivity index (χ4n) is 2.88. The number of piperidine rings is 1. The fourth-order valence-corrected chi connectivity index (χ4v) is 2.88. The van der Waals surface area contributed by atoms with Crippen LogP contribution in [0.25, 0.3) is 0 Å². The minimum Gasteiger partial charge on any atom is -0.478 e. The van der Waals surface area contributed by atoms with Crippen LogP contribution < -0.4 is 10.6 Å². The first kappa shape index (κ1) is 12.7. The summed E-state index contributed by atoms with van der Waals surface area (Å²) < 4.78 is 0. The minimum absolute atomic E-state index is 0.301. The van der Waals surface area contributed by atoms with Crippen LogP contribution in [0.4, 0.5) is 11.4 Å². The monoisotopic (exact) mass is 248 g/mol. The Bertz CT molecular complexity index is 449. The lowest BCUT2D eigenvalue weighted by atomic mass is 9.95. The molecule has 1 aromatic rings. The van der Waals surface area contributed by atoms with E-state index in [2.05, 4.69) is 18.7 Å². The second-order valence-corrected chi connectivity index (χ2v) is 5.08. The van der Waals surface area contributed by atoms with Crippen LogP contribution in [0, 0.1) is 0 Å². The van der Waals surface area contributed by atoms with E-state index in [1.165, 1.54) is 6.42 Å². The number of nitrogen functional groups attached to an aromatic ring is 1. The van der Waals surface area contributed by atoms with E-state index in [4.69, 9.17) is 5.73 Å². The molecule has 0 aliphatic carbocycles. The largest absolute Gasteiger partial charge is 0.478 e. The van der Waals surface area contributed by atoms with Crippen molar-refractivity contribution in [3.05, 3.63) is 23.8 Å². The first-order valence-corrected chi connectivity index (χ1v) is 6.42. The molecule has 1 aromatic carbocycles. The fraction of sp³-hybridized carbons (Fsp3) is 0.500. The normalized spacial score (nSPS) is 24.0. The summed E-state index contributed by atoms with van der Waals surface area (Å²) in [5.74, 6) is -0.915. The molecule has 0 radical (unpaired) electrons. The summed E-state index contributed by atoms with van der Waals surface area (Å²) in [7, 11) is 0. The van der Waals surface area contributed by atoms with E-state index in [9.17, 15) is 9.90 Å². The molecular formula is C14H20N2O2. The van der Waals surface area contributed by atoms with Gasteiger partial charge in [-0.3, -0.25) is 0 Å². The molecule has 3 N–H and O–H groups in total. The highest BCUT2D eigenvalue weighted by molar-refractivity contribution is 5.98. The highest BCUT2D eigenvalue weighted by Crippen LogP contribution is 2.35. The van der Waals surface area contributed by atoms with E-state index >= 15 is 0 Å². The predicted octanol–water partition coefficient (Wildman–Crippen LogP) is 2.73. The van der Waals surface area contributed by atoms with Crippen molar-refractivity contribution >= 4 is 17.3 Å². The molecule has 0 amide bonds. The number of carbonyl (C=O) groups is 1. The van der Waals surface area contributed by atoms with Gasteiger partial charge in [-0.1, -0.05) is 6.07 Å². The van der Waals surface area contributed by atoms with Crippen molar-refractivity contribution in [1.82, 2.24) is 0 Å². The van der Waals surface area contributed by atoms with Gasteiger partial charge in [-0.2, -0.15) is 0 Å². The quantitative estimate of drug-likeness (QED) is 0.790. The molecule has 1 fully saturated rings. The third kappa shape index (κ3) is 2.15. The third-order valence-corrected chi connectivity index (χ3v) is 3.75. The summed E-state index contributed by atoms with van der Waals surface area (Å²) in [6.45, 7) is 4.27. The maximum Gasteiger partial charge on any atom is 0.337 e. The van der Waals surface area contributed by atoms with Crippen molar-refractivity contribution in [2.45, 2.75) is 45.2 Å². The smallest absolute Gasteiger partial charge is 0.337 e. The Hall–Kier alpha value is -1.71. The van der Waals surface area contributed by atoms with E-state index < -0.39 is 5.97 Å². The van der Waals surface area contributed by atoms with Gasteiger partial charge in [0.2, 0.25) is 0 Å². The highest BCUT2D eigenvalue weighted by atomic mass is 16.4. The number of rotatable bonds is 2. The average molecular weight is 248 g/mol. The number of carboxylic acid groups (broad SMARTS) is 1. The molecule has 0 aromatic heterocycles. The van der Waals surface area contributed by atoms with E-state index in [1.54, 1.807) is 18.2 Å². The number of anilines is 2. The second kappa shape index (κ2) is 4.88. The van der Waals surface area contributed by atoms with Gasteiger partial charge in [-0.05, 0) is 45.2 Å². The third-order valence-electron chi connectivity index (χ3n) is 3.75. The Kier molecular flexibility index (Phi) is 3.45. The van der Waals surface area contributed by atoms with Crippen LogP contribution in [0.5, 0.6) is 0 Å². The number of hydrogen-bond acceptors (Lipinski definition) is 3. The first-order chi connectivity index (χ1) is 8.52. The summed E-state index contributed by atoms with van der Waals surface area (Å²) in [6, 6.07) is 5.76. The number of nitrogens with zero attached hydrogens (tertiary/aromatic N) is 1.